The zero-order valence-electron chi connectivity index (χ0n) is 11.4. The summed E-state index contributed by atoms with van der Waals surface area (Å²) in [4.78, 5) is 4.30. The fourth-order valence-electron chi connectivity index (χ4n) is 1.81. The lowest BCUT2D eigenvalue weighted by atomic mass is 10.1. The molecule has 0 aliphatic carbocycles. The molecule has 0 aliphatic heterocycles. The maximum absolute atomic E-state index is 5.74. The first-order valence-corrected chi connectivity index (χ1v) is 5.97. The lowest BCUT2D eigenvalue weighted by Crippen LogP contribution is -2.36. The molecular formula is C12H23N5. The number of nitrogens with two attached hydrogens (primary N) is 1. The molecule has 0 amide bonds. The summed E-state index contributed by atoms with van der Waals surface area (Å²) in [5.41, 5.74) is 9.29. The molecule has 1 aromatic heterocycles. The van der Waals surface area contributed by atoms with Crippen LogP contribution in [0.2, 0.25) is 0 Å². The number of hydrogen-bond donors (Lipinski definition) is 2. The molecule has 0 radical (unpaired) electrons. The first-order chi connectivity index (χ1) is 7.91. The lowest BCUT2D eigenvalue weighted by molar-refractivity contribution is 0.722. The summed E-state index contributed by atoms with van der Waals surface area (Å²) in [6.45, 7) is 8.88. The van der Waals surface area contributed by atoms with Gasteiger partial charge in [0, 0.05) is 25.3 Å². The van der Waals surface area contributed by atoms with Gasteiger partial charge in [-0.15, -0.1) is 0 Å². The SMILES string of the molecule is Cc1nn(C)c(C)c1CCN=C(N)NC(C)C. The normalized spacial score (nSPS) is 12.2. The zero-order chi connectivity index (χ0) is 13.0. The van der Waals surface area contributed by atoms with E-state index in [1.807, 2.05) is 32.5 Å². The summed E-state index contributed by atoms with van der Waals surface area (Å²) in [7, 11) is 1.96. The average molecular weight is 237 g/mol. The highest BCUT2D eigenvalue weighted by Gasteiger charge is 2.08. The Labute approximate surface area is 103 Å². The molecule has 5 nitrogen and oxygen atoms in total. The van der Waals surface area contributed by atoms with Crippen LogP contribution in [0.5, 0.6) is 0 Å². The van der Waals surface area contributed by atoms with Crippen LogP contribution in [0.3, 0.4) is 0 Å². The van der Waals surface area contributed by atoms with E-state index in [9.17, 15) is 0 Å². The zero-order valence-corrected chi connectivity index (χ0v) is 11.4. The minimum atomic E-state index is 0.320. The van der Waals surface area contributed by atoms with Crippen molar-refractivity contribution < 1.29 is 0 Å². The van der Waals surface area contributed by atoms with Crippen LogP contribution >= 0.6 is 0 Å². The molecule has 0 saturated carbocycles. The highest BCUT2D eigenvalue weighted by molar-refractivity contribution is 5.78. The van der Waals surface area contributed by atoms with E-state index >= 15 is 0 Å². The molecule has 0 aromatic carbocycles. The Morgan fingerprint density at radius 3 is 2.59 bits per heavy atom. The van der Waals surface area contributed by atoms with Crippen molar-refractivity contribution in [2.45, 2.75) is 40.2 Å². The number of nitrogens with one attached hydrogen (secondary N) is 1. The van der Waals surface area contributed by atoms with Crippen molar-refractivity contribution in [3.63, 3.8) is 0 Å². The monoisotopic (exact) mass is 237 g/mol. The van der Waals surface area contributed by atoms with E-state index in [1.54, 1.807) is 0 Å². The van der Waals surface area contributed by atoms with Crippen LogP contribution in [0.4, 0.5) is 0 Å². The van der Waals surface area contributed by atoms with Crippen molar-refractivity contribution in [2.24, 2.45) is 17.8 Å². The topological polar surface area (TPSA) is 68.2 Å². The average Bonchev–Trinajstić information content (AvgIpc) is 2.43. The van der Waals surface area contributed by atoms with Crippen molar-refractivity contribution in [2.75, 3.05) is 6.54 Å². The van der Waals surface area contributed by atoms with E-state index in [4.69, 9.17) is 5.73 Å². The molecule has 0 saturated heterocycles. The number of rotatable bonds is 4. The van der Waals surface area contributed by atoms with Gasteiger partial charge in [0.05, 0.1) is 5.69 Å². The predicted molar refractivity (Wildman–Crippen MR) is 71.1 cm³/mol. The molecule has 3 N–H and O–H groups in total. The largest absolute Gasteiger partial charge is 0.370 e. The minimum absolute atomic E-state index is 0.320. The van der Waals surface area contributed by atoms with Gasteiger partial charge >= 0.3 is 0 Å². The summed E-state index contributed by atoms with van der Waals surface area (Å²) in [6.07, 6.45) is 0.881. The summed E-state index contributed by atoms with van der Waals surface area (Å²) in [6, 6.07) is 0.320. The Balaban J connectivity index is 2.56. The number of nitrogens with zero attached hydrogens (tertiary/aromatic N) is 3. The molecule has 0 bridgehead atoms. The van der Waals surface area contributed by atoms with E-state index in [1.165, 1.54) is 11.3 Å². The second-order valence-corrected chi connectivity index (χ2v) is 4.59. The van der Waals surface area contributed by atoms with E-state index in [0.29, 0.717) is 18.5 Å². The van der Waals surface area contributed by atoms with Crippen LogP contribution in [0, 0.1) is 13.8 Å². The van der Waals surface area contributed by atoms with E-state index in [-0.39, 0.29) is 0 Å². The molecular weight excluding hydrogens is 214 g/mol. The minimum Gasteiger partial charge on any atom is -0.370 e. The molecule has 17 heavy (non-hydrogen) atoms. The molecule has 1 rings (SSSR count). The Bertz CT molecular complexity index is 403. The van der Waals surface area contributed by atoms with Gasteiger partial charge in [0.25, 0.3) is 0 Å². The van der Waals surface area contributed by atoms with Crippen LogP contribution in [-0.2, 0) is 13.5 Å². The van der Waals surface area contributed by atoms with Crippen molar-refractivity contribution in [3.8, 4) is 0 Å². The van der Waals surface area contributed by atoms with Crippen LogP contribution in [-0.4, -0.2) is 28.3 Å². The summed E-state index contributed by atoms with van der Waals surface area (Å²) < 4.78 is 1.91. The molecule has 0 aliphatic rings. The molecule has 0 fully saturated rings. The molecule has 0 atom stereocenters. The molecule has 1 aromatic rings. The van der Waals surface area contributed by atoms with E-state index in [2.05, 4.69) is 22.3 Å². The van der Waals surface area contributed by atoms with Gasteiger partial charge in [0.2, 0.25) is 0 Å². The predicted octanol–water partition coefficient (Wildman–Crippen LogP) is 0.892. The summed E-state index contributed by atoms with van der Waals surface area (Å²) in [5, 5.41) is 7.45. The highest BCUT2D eigenvalue weighted by Crippen LogP contribution is 2.12. The summed E-state index contributed by atoms with van der Waals surface area (Å²) in [5.74, 6) is 0.513. The number of aromatic nitrogens is 2. The smallest absolute Gasteiger partial charge is 0.188 e. The van der Waals surface area contributed by atoms with Gasteiger partial charge in [0.15, 0.2) is 5.96 Å². The second kappa shape index (κ2) is 5.70. The Morgan fingerprint density at radius 2 is 2.12 bits per heavy atom. The fraction of sp³-hybridized carbons (Fsp3) is 0.667. The van der Waals surface area contributed by atoms with Crippen molar-refractivity contribution >= 4 is 5.96 Å². The van der Waals surface area contributed by atoms with Crippen LogP contribution in [0.25, 0.3) is 0 Å². The first-order valence-electron chi connectivity index (χ1n) is 5.97. The third-order valence-corrected chi connectivity index (χ3v) is 2.74. The summed E-state index contributed by atoms with van der Waals surface area (Å²) >= 11 is 0. The Hall–Kier alpha value is -1.52. The fourth-order valence-corrected chi connectivity index (χ4v) is 1.81. The third-order valence-electron chi connectivity index (χ3n) is 2.74. The quantitative estimate of drug-likeness (QED) is 0.603. The first kappa shape index (κ1) is 13.5. The lowest BCUT2D eigenvalue weighted by Gasteiger charge is -2.08. The van der Waals surface area contributed by atoms with Crippen LogP contribution in [0.15, 0.2) is 4.99 Å². The van der Waals surface area contributed by atoms with Crippen molar-refractivity contribution in [1.82, 2.24) is 15.1 Å². The van der Waals surface area contributed by atoms with Gasteiger partial charge in [-0.05, 0) is 39.7 Å². The van der Waals surface area contributed by atoms with E-state index < -0.39 is 0 Å². The van der Waals surface area contributed by atoms with Gasteiger partial charge in [0.1, 0.15) is 0 Å². The molecule has 96 valence electrons. The molecule has 1 heterocycles. The maximum Gasteiger partial charge on any atom is 0.188 e. The van der Waals surface area contributed by atoms with Gasteiger partial charge in [-0.25, -0.2) is 0 Å². The number of aryl methyl sites for hydroxylation is 2. The van der Waals surface area contributed by atoms with Gasteiger partial charge < -0.3 is 11.1 Å². The molecule has 0 spiro atoms. The van der Waals surface area contributed by atoms with Crippen molar-refractivity contribution in [3.05, 3.63) is 17.0 Å². The third kappa shape index (κ3) is 3.76. The maximum atomic E-state index is 5.74. The van der Waals surface area contributed by atoms with Crippen LogP contribution < -0.4 is 11.1 Å². The highest BCUT2D eigenvalue weighted by atomic mass is 15.3. The molecule has 5 heteroatoms. The Morgan fingerprint density at radius 1 is 1.47 bits per heavy atom. The number of aliphatic imine (C=N–C) groups is 1. The standard InChI is InChI=1S/C12H23N5/c1-8(2)15-12(13)14-7-6-11-9(3)16-17(5)10(11)4/h8H,6-7H2,1-5H3,(H3,13,14,15). The van der Waals surface area contributed by atoms with Crippen molar-refractivity contribution in [1.29, 1.82) is 0 Å². The Kier molecular flexibility index (Phi) is 4.54. The van der Waals surface area contributed by atoms with Gasteiger partial charge in [-0.2, -0.15) is 5.10 Å². The second-order valence-electron chi connectivity index (χ2n) is 4.59. The van der Waals surface area contributed by atoms with Gasteiger partial charge in [-0.1, -0.05) is 0 Å². The van der Waals surface area contributed by atoms with Crippen LogP contribution in [0.1, 0.15) is 30.8 Å². The molecule has 0 unspecified atom stereocenters. The van der Waals surface area contributed by atoms with Gasteiger partial charge in [-0.3, -0.25) is 9.67 Å². The van der Waals surface area contributed by atoms with E-state index in [0.717, 1.165) is 12.1 Å². The number of hydrogen-bond acceptors (Lipinski definition) is 2. The number of guanidine groups is 1.